The summed E-state index contributed by atoms with van der Waals surface area (Å²) in [6.07, 6.45) is 6.33. The van der Waals surface area contributed by atoms with Crippen LogP contribution in [0.3, 0.4) is 0 Å². The summed E-state index contributed by atoms with van der Waals surface area (Å²) in [6.45, 7) is 15.8. The fourth-order valence-corrected chi connectivity index (χ4v) is 6.59. The number of phenolic OH excluding ortho intramolecular Hbond substituents is 1. The Bertz CT molecular complexity index is 1650. The Kier molecular flexibility index (Phi) is 12.8. The minimum atomic E-state index is -0.0125. The molecule has 0 amide bonds. The molecule has 2 aliphatic carbocycles. The van der Waals surface area contributed by atoms with Crippen molar-refractivity contribution in [3.8, 4) is 28.0 Å². The van der Waals surface area contributed by atoms with Gasteiger partial charge in [0.25, 0.3) is 0 Å². The molecule has 1 aliphatic heterocycles. The normalized spacial score (nSPS) is 16.8. The number of aryl methyl sites for hydroxylation is 1. The minimum Gasteiger partial charge on any atom is -0.507 e. The van der Waals surface area contributed by atoms with Crippen molar-refractivity contribution in [1.82, 2.24) is 4.90 Å². The number of benzene rings is 4. The number of likely N-dealkylation sites (tertiary alicyclic amines) is 1. The molecule has 7 rings (SSSR count). The third-order valence-electron chi connectivity index (χ3n) is 8.55. The molecule has 4 aromatic rings. The molecule has 1 heterocycles. The van der Waals surface area contributed by atoms with Crippen LogP contribution in [0.2, 0.25) is 13.1 Å². The molecule has 0 aromatic heterocycles. The van der Waals surface area contributed by atoms with Gasteiger partial charge in [-0.05, 0) is 78.9 Å². The van der Waals surface area contributed by atoms with Crippen LogP contribution < -0.4 is 0 Å². The topological polar surface area (TPSA) is 23.5 Å². The average Bonchev–Trinajstić information content (AvgIpc) is 3.66. The minimum absolute atomic E-state index is 0. The second-order valence-corrected chi connectivity index (χ2v) is 19.2. The van der Waals surface area contributed by atoms with E-state index < -0.39 is 0 Å². The van der Waals surface area contributed by atoms with E-state index in [1.54, 1.807) is 6.07 Å². The summed E-state index contributed by atoms with van der Waals surface area (Å²) in [5, 5.41) is 10.2. The van der Waals surface area contributed by atoms with Crippen LogP contribution in [0.1, 0.15) is 67.5 Å². The number of hydrogen-bond acceptors (Lipinski definition) is 2. The molecule has 0 radical (unpaired) electrons. The SMILES string of the molecule is CC1=[C-]c2ccccc2C1N1CCCC1.C[Si](C)=[Ti+].Cc1ccc(O)c(-c2ccc3c(c2)C(C)(C)c2ccccc2-3)c1.Cl.Cl. The first-order valence-corrected chi connectivity index (χ1v) is 19.9. The molecule has 1 atom stereocenters. The zero-order valence-electron chi connectivity index (χ0n) is 26.7. The van der Waals surface area contributed by atoms with Gasteiger partial charge in [0.1, 0.15) is 5.75 Å². The molecule has 0 bridgehead atoms. The fourth-order valence-electron chi connectivity index (χ4n) is 6.59. The number of halogens is 2. The molecule has 6 heteroatoms. The van der Waals surface area contributed by atoms with Crippen LogP contribution in [0, 0.1) is 13.0 Å². The van der Waals surface area contributed by atoms with Crippen molar-refractivity contribution in [3.05, 3.63) is 124 Å². The maximum absolute atomic E-state index is 10.2. The van der Waals surface area contributed by atoms with E-state index in [0.29, 0.717) is 11.8 Å². The van der Waals surface area contributed by atoms with Gasteiger partial charge in [0.2, 0.25) is 0 Å². The Hall–Kier alpha value is -2.11. The van der Waals surface area contributed by atoms with E-state index in [0.717, 1.165) is 16.7 Å². The van der Waals surface area contributed by atoms with Crippen LogP contribution in [0.25, 0.3) is 22.3 Å². The maximum atomic E-state index is 10.2. The van der Waals surface area contributed by atoms with Crippen LogP contribution in [-0.4, -0.2) is 29.3 Å². The molecule has 229 valence electrons. The van der Waals surface area contributed by atoms with E-state index in [1.807, 2.05) is 12.1 Å². The van der Waals surface area contributed by atoms with Gasteiger partial charge in [-0.15, -0.1) is 48.1 Å². The molecular weight excluding hydrogens is 633 g/mol. The van der Waals surface area contributed by atoms with Crippen LogP contribution in [0.4, 0.5) is 0 Å². The number of nitrogens with zero attached hydrogens (tertiary/aromatic N) is 1. The first kappa shape index (κ1) is 36.4. The summed E-state index contributed by atoms with van der Waals surface area (Å²) >= 11 is 2.27. The third-order valence-corrected chi connectivity index (χ3v) is 8.55. The van der Waals surface area contributed by atoms with Gasteiger partial charge in [-0.25, -0.2) is 0 Å². The largest absolute Gasteiger partial charge is 0.507 e. The summed E-state index contributed by atoms with van der Waals surface area (Å²) in [7, 11) is 0. The second-order valence-electron chi connectivity index (χ2n) is 12.5. The number of aromatic hydroxyl groups is 1. The average molecular weight is 678 g/mol. The van der Waals surface area contributed by atoms with Crippen molar-refractivity contribution in [3.63, 3.8) is 0 Å². The van der Waals surface area contributed by atoms with Crippen molar-refractivity contribution in [2.45, 2.75) is 65.1 Å². The Labute approximate surface area is 289 Å². The van der Waals surface area contributed by atoms with E-state index in [1.165, 1.54) is 64.9 Å². The molecule has 3 aliphatic rings. The number of rotatable bonds is 2. The quantitative estimate of drug-likeness (QED) is 0.169. The summed E-state index contributed by atoms with van der Waals surface area (Å²) in [6, 6.07) is 30.1. The van der Waals surface area contributed by atoms with Crippen molar-refractivity contribution in [1.29, 1.82) is 0 Å². The van der Waals surface area contributed by atoms with Crippen molar-refractivity contribution < 1.29 is 24.3 Å². The fraction of sp³-hybridized carbons (Fsp3) is 0.316. The molecule has 44 heavy (non-hydrogen) atoms. The molecule has 0 saturated carbocycles. The molecule has 2 nitrogen and oxygen atoms in total. The van der Waals surface area contributed by atoms with Gasteiger partial charge in [0.05, 0.1) is 0 Å². The van der Waals surface area contributed by atoms with Crippen molar-refractivity contribution in [2.75, 3.05) is 13.1 Å². The molecule has 0 spiro atoms. The molecule has 1 unspecified atom stereocenters. The molecule has 1 N–H and O–H groups in total. The predicted molar refractivity (Wildman–Crippen MR) is 189 cm³/mol. The number of fused-ring (bicyclic) bond motifs is 4. The number of phenols is 1. The number of hydrogen-bond donors (Lipinski definition) is 1. The molecule has 4 aromatic carbocycles. The van der Waals surface area contributed by atoms with Crippen LogP contribution in [0.15, 0.2) is 90.5 Å². The summed E-state index contributed by atoms with van der Waals surface area (Å²) < 4.78 is 0. The first-order chi connectivity index (χ1) is 20.1. The Morgan fingerprint density at radius 3 is 2.11 bits per heavy atom. The summed E-state index contributed by atoms with van der Waals surface area (Å²) in [4.78, 5) is 2.59. The summed E-state index contributed by atoms with van der Waals surface area (Å²) in [5.74, 6) is 0.337. The van der Waals surface area contributed by atoms with Crippen molar-refractivity contribution >= 4 is 31.0 Å². The smallest absolute Gasteiger partial charge is 0.123 e. The van der Waals surface area contributed by atoms with Gasteiger partial charge in [-0.1, -0.05) is 74.9 Å². The van der Waals surface area contributed by atoms with Crippen LogP contribution in [0.5, 0.6) is 5.75 Å². The van der Waals surface area contributed by atoms with E-state index in [2.05, 4.69) is 138 Å². The monoisotopic (exact) mass is 676 g/mol. The van der Waals surface area contributed by atoms with E-state index in [-0.39, 0.29) is 36.4 Å². The maximum Gasteiger partial charge on any atom is 0.123 e. The Morgan fingerprint density at radius 2 is 1.41 bits per heavy atom. The Balaban J connectivity index is 0.000000218. The van der Waals surface area contributed by atoms with E-state index in [9.17, 15) is 5.11 Å². The summed E-state index contributed by atoms with van der Waals surface area (Å²) in [5.41, 5.74) is 12.6. The van der Waals surface area contributed by atoms with Gasteiger partial charge in [-0.3, -0.25) is 0 Å². The zero-order valence-corrected chi connectivity index (χ0v) is 30.9. The van der Waals surface area contributed by atoms with Gasteiger partial charge in [-0.2, -0.15) is 17.7 Å². The van der Waals surface area contributed by atoms with Gasteiger partial charge in [0.15, 0.2) is 0 Å². The van der Waals surface area contributed by atoms with E-state index >= 15 is 0 Å². The zero-order chi connectivity index (χ0) is 30.0. The van der Waals surface area contributed by atoms with Gasteiger partial charge in [0, 0.05) is 17.0 Å². The molecule has 1 saturated heterocycles. The van der Waals surface area contributed by atoms with E-state index in [4.69, 9.17) is 0 Å². The van der Waals surface area contributed by atoms with Crippen LogP contribution >= 0.6 is 24.8 Å². The third kappa shape index (κ3) is 7.64. The Morgan fingerprint density at radius 1 is 0.795 bits per heavy atom. The van der Waals surface area contributed by atoms with Crippen LogP contribution in [-0.2, 0) is 24.6 Å². The molecule has 1 fully saturated rings. The predicted octanol–water partition coefficient (Wildman–Crippen LogP) is 10.2. The van der Waals surface area contributed by atoms with Gasteiger partial charge >= 0.3 is 38.5 Å². The standard InChI is InChI=1S/C22H20O.C14H16N.C2H6Si.2ClH.Ti/c1-14-8-11-21(23)18(12-14)15-9-10-17-16-6-4-5-7-19(16)22(2,3)20(17)13-15;1-11-10-12-6-2-3-7-13(12)14(11)15-8-4-5-9-15;1-3-2;;;/h4-13,23H,1-3H3;2-3,6-7,14H,4-5,8-9H2,1H3;1-2H3;2*1H;/q;-1;;;;+1. The van der Waals surface area contributed by atoms with Crippen molar-refractivity contribution in [2.24, 2.45) is 0 Å². The second kappa shape index (κ2) is 15.5. The molecular formula is C38H44Cl2NOSiTi. The first-order valence-electron chi connectivity index (χ1n) is 15.1. The van der Waals surface area contributed by atoms with Gasteiger partial charge < -0.3 is 10.0 Å².